The van der Waals surface area contributed by atoms with Gasteiger partial charge in [-0.05, 0) is 60.9 Å². The number of hydrogen-bond acceptors (Lipinski definition) is 2. The molecule has 2 nitrogen and oxygen atoms in total. The van der Waals surface area contributed by atoms with Crippen LogP contribution in [0.2, 0.25) is 0 Å². The maximum Gasteiger partial charge on any atom is 0.137 e. The van der Waals surface area contributed by atoms with E-state index in [1.165, 1.54) is 74.5 Å². The number of nitrogens with zero attached hydrogens (tertiary/aromatic N) is 1. The second kappa shape index (κ2) is 15.3. The van der Waals surface area contributed by atoms with Crippen LogP contribution in [-0.2, 0) is 19.3 Å². The first-order valence-corrected chi connectivity index (χ1v) is 13.5. The minimum absolute atomic E-state index is 0.769. The fraction of sp³-hybridized carbons (Fsp3) is 0.469. The van der Waals surface area contributed by atoms with Crippen molar-refractivity contribution in [3.05, 3.63) is 83.6 Å². The van der Waals surface area contributed by atoms with Crippen LogP contribution in [0.3, 0.4) is 0 Å². The summed E-state index contributed by atoms with van der Waals surface area (Å²) >= 11 is 0. The molecule has 0 N–H and O–H groups in total. The van der Waals surface area contributed by atoms with Gasteiger partial charge in [0.1, 0.15) is 5.75 Å². The highest BCUT2D eigenvalue weighted by Gasteiger charge is 2.03. The van der Waals surface area contributed by atoms with Gasteiger partial charge in [0.2, 0.25) is 0 Å². The quantitative estimate of drug-likeness (QED) is 0.200. The summed E-state index contributed by atoms with van der Waals surface area (Å²) < 4.78 is 5.77. The summed E-state index contributed by atoms with van der Waals surface area (Å²) in [6.45, 7) is 5.25. The fourth-order valence-corrected chi connectivity index (χ4v) is 4.29. The number of rotatable bonds is 16. The highest BCUT2D eigenvalue weighted by Crippen LogP contribution is 2.21. The lowest BCUT2D eigenvalue weighted by molar-refractivity contribution is 0.305. The number of ether oxygens (including phenoxy) is 1. The van der Waals surface area contributed by atoms with E-state index in [0.29, 0.717) is 0 Å². The molecule has 3 aromatic rings. The molecule has 34 heavy (non-hydrogen) atoms. The molecule has 0 aliphatic rings. The Labute approximate surface area is 207 Å². The van der Waals surface area contributed by atoms with Crippen molar-refractivity contribution in [3.8, 4) is 17.0 Å². The van der Waals surface area contributed by atoms with Crippen LogP contribution in [0.15, 0.2) is 66.9 Å². The Morgan fingerprint density at radius 1 is 0.559 bits per heavy atom. The SMILES string of the molecule is CCCCCCCCc1ccc(CCc2ccc(-c3ccc(OCCCCC)cn3)cc2)cc1. The van der Waals surface area contributed by atoms with Gasteiger partial charge in [-0.15, -0.1) is 0 Å². The first-order valence-electron chi connectivity index (χ1n) is 13.5. The maximum absolute atomic E-state index is 5.77. The lowest BCUT2D eigenvalue weighted by Crippen LogP contribution is -1.97. The summed E-state index contributed by atoms with van der Waals surface area (Å²) in [4.78, 5) is 4.59. The molecule has 182 valence electrons. The van der Waals surface area contributed by atoms with Gasteiger partial charge in [0.15, 0.2) is 0 Å². The van der Waals surface area contributed by atoms with Crippen LogP contribution in [0, 0.1) is 0 Å². The lowest BCUT2D eigenvalue weighted by atomic mass is 10.00. The van der Waals surface area contributed by atoms with Crippen LogP contribution < -0.4 is 4.74 Å². The summed E-state index contributed by atoms with van der Waals surface area (Å²) in [6, 6.07) is 22.2. The Kier molecular flexibility index (Phi) is 11.7. The zero-order valence-corrected chi connectivity index (χ0v) is 21.4. The molecular weight excluding hydrogens is 414 g/mol. The Hall–Kier alpha value is -2.61. The molecule has 0 spiro atoms. The summed E-state index contributed by atoms with van der Waals surface area (Å²) in [6.07, 6.45) is 16.9. The van der Waals surface area contributed by atoms with Crippen LogP contribution in [0.4, 0.5) is 0 Å². The molecule has 0 atom stereocenters. The normalized spacial score (nSPS) is 11.0. The molecule has 1 aromatic heterocycles. The Morgan fingerprint density at radius 2 is 1.12 bits per heavy atom. The van der Waals surface area contributed by atoms with Crippen LogP contribution in [0.5, 0.6) is 5.75 Å². The predicted octanol–water partition coefficient (Wildman–Crippen LogP) is 9.01. The Bertz CT molecular complexity index is 913. The molecule has 0 amide bonds. The van der Waals surface area contributed by atoms with Crippen molar-refractivity contribution in [2.24, 2.45) is 0 Å². The van der Waals surface area contributed by atoms with Crippen molar-refractivity contribution in [2.45, 2.75) is 90.9 Å². The van der Waals surface area contributed by atoms with Gasteiger partial charge in [0.25, 0.3) is 0 Å². The third kappa shape index (κ3) is 9.33. The van der Waals surface area contributed by atoms with E-state index in [4.69, 9.17) is 4.74 Å². The standard InChI is InChI=1S/C32H43NO/c1-3-5-7-8-9-10-12-27-13-15-28(16-14-27)17-18-29-19-21-30(22-20-29)32-24-23-31(26-33-32)34-25-11-6-4-2/h13-16,19-24,26H,3-12,17-18,25H2,1-2H3. The van der Waals surface area contributed by atoms with E-state index >= 15 is 0 Å². The molecule has 3 rings (SSSR count). The molecule has 2 heteroatoms. The molecule has 2 aromatic carbocycles. The van der Waals surface area contributed by atoms with Crippen molar-refractivity contribution in [3.63, 3.8) is 0 Å². The van der Waals surface area contributed by atoms with E-state index < -0.39 is 0 Å². The first kappa shape index (κ1) is 26.0. The molecule has 0 aliphatic carbocycles. The minimum atomic E-state index is 0.769. The first-order chi connectivity index (χ1) is 16.8. The van der Waals surface area contributed by atoms with Crippen LogP contribution in [0.1, 0.15) is 88.3 Å². The average Bonchev–Trinajstić information content (AvgIpc) is 2.89. The average molecular weight is 458 g/mol. The number of aromatic nitrogens is 1. The molecule has 0 bridgehead atoms. The van der Waals surface area contributed by atoms with Crippen LogP contribution >= 0.6 is 0 Å². The van der Waals surface area contributed by atoms with E-state index in [-0.39, 0.29) is 0 Å². The molecular formula is C32H43NO. The Balaban J connectivity index is 1.40. The second-order valence-electron chi connectivity index (χ2n) is 9.47. The summed E-state index contributed by atoms with van der Waals surface area (Å²) in [5.41, 5.74) is 6.42. The van der Waals surface area contributed by atoms with Crippen LogP contribution in [0.25, 0.3) is 11.3 Å². The van der Waals surface area contributed by atoms with Gasteiger partial charge in [0, 0.05) is 5.56 Å². The van der Waals surface area contributed by atoms with E-state index in [9.17, 15) is 0 Å². The minimum Gasteiger partial charge on any atom is -0.492 e. The molecule has 0 fully saturated rings. The Morgan fingerprint density at radius 3 is 1.74 bits per heavy atom. The van der Waals surface area contributed by atoms with E-state index in [0.717, 1.165) is 42.9 Å². The number of aryl methyl sites for hydroxylation is 3. The van der Waals surface area contributed by atoms with E-state index in [2.05, 4.69) is 73.4 Å². The van der Waals surface area contributed by atoms with Gasteiger partial charge < -0.3 is 4.74 Å². The van der Waals surface area contributed by atoms with Crippen LogP contribution in [-0.4, -0.2) is 11.6 Å². The van der Waals surface area contributed by atoms with Crippen molar-refractivity contribution < 1.29 is 4.74 Å². The van der Waals surface area contributed by atoms with Gasteiger partial charge in [-0.25, -0.2) is 0 Å². The molecule has 1 heterocycles. The molecule has 0 saturated carbocycles. The van der Waals surface area contributed by atoms with Gasteiger partial charge >= 0.3 is 0 Å². The van der Waals surface area contributed by atoms with Crippen molar-refractivity contribution in [2.75, 3.05) is 6.61 Å². The number of benzene rings is 2. The molecule has 0 saturated heterocycles. The van der Waals surface area contributed by atoms with E-state index in [1.807, 2.05) is 12.3 Å². The maximum atomic E-state index is 5.77. The second-order valence-corrected chi connectivity index (χ2v) is 9.47. The fourth-order valence-electron chi connectivity index (χ4n) is 4.29. The molecule has 0 radical (unpaired) electrons. The zero-order chi connectivity index (χ0) is 23.8. The van der Waals surface area contributed by atoms with Crippen molar-refractivity contribution in [1.29, 1.82) is 0 Å². The highest BCUT2D eigenvalue weighted by molar-refractivity contribution is 5.59. The number of unbranched alkanes of at least 4 members (excludes halogenated alkanes) is 7. The summed E-state index contributed by atoms with van der Waals surface area (Å²) in [5, 5.41) is 0. The third-order valence-electron chi connectivity index (χ3n) is 6.55. The molecule has 0 unspecified atom stereocenters. The number of pyridine rings is 1. The van der Waals surface area contributed by atoms with Crippen molar-refractivity contribution in [1.82, 2.24) is 4.98 Å². The van der Waals surface area contributed by atoms with Gasteiger partial charge in [-0.2, -0.15) is 0 Å². The summed E-state index contributed by atoms with van der Waals surface area (Å²) in [7, 11) is 0. The number of hydrogen-bond donors (Lipinski definition) is 0. The molecule has 0 aliphatic heterocycles. The van der Waals surface area contributed by atoms with Gasteiger partial charge in [-0.3, -0.25) is 4.98 Å². The monoisotopic (exact) mass is 457 g/mol. The van der Waals surface area contributed by atoms with Crippen molar-refractivity contribution >= 4 is 0 Å². The highest BCUT2D eigenvalue weighted by atomic mass is 16.5. The smallest absolute Gasteiger partial charge is 0.137 e. The largest absolute Gasteiger partial charge is 0.492 e. The lowest BCUT2D eigenvalue weighted by Gasteiger charge is -2.08. The summed E-state index contributed by atoms with van der Waals surface area (Å²) in [5.74, 6) is 0.856. The van der Waals surface area contributed by atoms with Gasteiger partial charge in [-0.1, -0.05) is 107 Å². The topological polar surface area (TPSA) is 22.1 Å². The zero-order valence-electron chi connectivity index (χ0n) is 21.4. The van der Waals surface area contributed by atoms with E-state index in [1.54, 1.807) is 0 Å². The third-order valence-corrected chi connectivity index (χ3v) is 6.55. The van der Waals surface area contributed by atoms with Gasteiger partial charge in [0.05, 0.1) is 18.5 Å². The predicted molar refractivity (Wildman–Crippen MR) is 146 cm³/mol.